The van der Waals surface area contributed by atoms with Crippen LogP contribution >= 0.6 is 0 Å². The van der Waals surface area contributed by atoms with Gasteiger partial charge in [-0.2, -0.15) is 0 Å². The van der Waals surface area contributed by atoms with Crippen molar-refractivity contribution in [3.05, 3.63) is 54.1 Å². The van der Waals surface area contributed by atoms with Crippen molar-refractivity contribution in [1.29, 1.82) is 0 Å². The lowest BCUT2D eigenvalue weighted by atomic mass is 10.0. The quantitative estimate of drug-likeness (QED) is 0.753. The molecule has 0 saturated carbocycles. The lowest BCUT2D eigenvalue weighted by Crippen LogP contribution is -2.30. The number of nitrogens with one attached hydrogen (secondary N) is 1. The van der Waals surface area contributed by atoms with Crippen molar-refractivity contribution in [1.82, 2.24) is 0 Å². The van der Waals surface area contributed by atoms with Gasteiger partial charge in [-0.3, -0.25) is 4.79 Å². The monoisotopic (exact) mass is 357 g/mol. The van der Waals surface area contributed by atoms with E-state index < -0.39 is 18.7 Å². The number of ether oxygens (including phenoxy) is 2. The molecule has 0 fully saturated rings. The van der Waals surface area contributed by atoms with Crippen molar-refractivity contribution in [2.24, 2.45) is 0 Å². The Bertz CT molecular complexity index is 772. The molecule has 2 rings (SSSR count). The molecule has 0 aliphatic carbocycles. The van der Waals surface area contributed by atoms with Gasteiger partial charge in [0.25, 0.3) is 5.91 Å². The van der Waals surface area contributed by atoms with Crippen LogP contribution in [0.1, 0.15) is 32.3 Å². The average molecular weight is 357 g/mol. The number of anilines is 1. The maximum atomic E-state index is 12.3. The summed E-state index contributed by atoms with van der Waals surface area (Å²) in [4.78, 5) is 22.9. The number of carbonyl (C=O) groups excluding carboxylic acids is 1. The molecule has 1 unspecified atom stereocenters. The summed E-state index contributed by atoms with van der Waals surface area (Å²) in [5.74, 6) is -0.00236. The van der Waals surface area contributed by atoms with Gasteiger partial charge in [-0.1, -0.05) is 32.0 Å². The summed E-state index contributed by atoms with van der Waals surface area (Å²) in [6.45, 7) is 5.41. The van der Waals surface area contributed by atoms with Crippen molar-refractivity contribution in [3.8, 4) is 11.5 Å². The zero-order valence-electron chi connectivity index (χ0n) is 15.1. The summed E-state index contributed by atoms with van der Waals surface area (Å²) in [6.07, 6.45) is -0.694. The Balaban J connectivity index is 1.97. The van der Waals surface area contributed by atoms with Gasteiger partial charge in [-0.25, -0.2) is 4.79 Å². The molecule has 0 spiro atoms. The van der Waals surface area contributed by atoms with E-state index in [0.717, 1.165) is 5.56 Å². The number of carbonyl (C=O) groups is 2. The highest BCUT2D eigenvalue weighted by Gasteiger charge is 2.15. The van der Waals surface area contributed by atoms with E-state index in [-0.39, 0.29) is 5.91 Å². The molecule has 138 valence electrons. The molecule has 1 atom stereocenters. The molecule has 0 bridgehead atoms. The van der Waals surface area contributed by atoms with Crippen molar-refractivity contribution in [3.63, 3.8) is 0 Å². The molecule has 2 N–H and O–H groups in total. The summed E-state index contributed by atoms with van der Waals surface area (Å²) in [6, 6.07) is 14.2. The van der Waals surface area contributed by atoms with Gasteiger partial charge in [0.15, 0.2) is 12.7 Å². The van der Waals surface area contributed by atoms with Gasteiger partial charge in [-0.05, 0) is 42.7 Å². The minimum Gasteiger partial charge on any atom is -0.482 e. The number of carboxylic acids is 1. The molecule has 2 aromatic carbocycles. The standard InChI is InChI=1S/C20H23NO5/c1-13(2)15-6-4-9-18(10-15)26-14(3)20(24)21-16-7-5-8-17(11-16)25-12-19(22)23/h4-11,13-14H,12H2,1-3H3,(H,21,24)(H,22,23). The second kappa shape index (κ2) is 8.89. The fourth-order valence-corrected chi connectivity index (χ4v) is 2.26. The molecule has 0 aliphatic heterocycles. The van der Waals surface area contributed by atoms with Gasteiger partial charge in [0.2, 0.25) is 0 Å². The number of aliphatic carboxylic acids is 1. The normalized spacial score (nSPS) is 11.7. The van der Waals surface area contributed by atoms with Crippen LogP contribution in [0.15, 0.2) is 48.5 Å². The number of carboxylic acid groups (broad SMARTS) is 1. The van der Waals surface area contributed by atoms with Crippen LogP contribution in [0.5, 0.6) is 11.5 Å². The Labute approximate surface area is 152 Å². The van der Waals surface area contributed by atoms with E-state index in [2.05, 4.69) is 19.2 Å². The van der Waals surface area contributed by atoms with Crippen LogP contribution in [-0.2, 0) is 9.59 Å². The molecule has 1 amide bonds. The summed E-state index contributed by atoms with van der Waals surface area (Å²) in [5, 5.41) is 11.4. The van der Waals surface area contributed by atoms with Crippen molar-refractivity contribution < 1.29 is 24.2 Å². The van der Waals surface area contributed by atoms with Crippen LogP contribution in [0.25, 0.3) is 0 Å². The highest BCUT2D eigenvalue weighted by Crippen LogP contribution is 2.22. The number of rotatable bonds is 8. The van der Waals surface area contributed by atoms with Crippen molar-refractivity contribution in [2.45, 2.75) is 32.8 Å². The molecule has 0 aromatic heterocycles. The summed E-state index contributed by atoms with van der Waals surface area (Å²) in [7, 11) is 0. The smallest absolute Gasteiger partial charge is 0.341 e. The highest BCUT2D eigenvalue weighted by molar-refractivity contribution is 5.94. The highest BCUT2D eigenvalue weighted by atomic mass is 16.5. The zero-order valence-corrected chi connectivity index (χ0v) is 15.1. The van der Waals surface area contributed by atoms with E-state index in [1.165, 1.54) is 0 Å². The number of hydrogen-bond acceptors (Lipinski definition) is 4. The number of amides is 1. The fourth-order valence-electron chi connectivity index (χ4n) is 2.26. The van der Waals surface area contributed by atoms with Crippen LogP contribution in [0.4, 0.5) is 5.69 Å². The molecule has 0 heterocycles. The van der Waals surface area contributed by atoms with Gasteiger partial charge >= 0.3 is 5.97 Å². The zero-order chi connectivity index (χ0) is 19.1. The van der Waals surface area contributed by atoms with E-state index in [0.29, 0.717) is 23.1 Å². The average Bonchev–Trinajstić information content (AvgIpc) is 2.60. The summed E-state index contributed by atoms with van der Waals surface area (Å²) < 4.78 is 10.8. The predicted octanol–water partition coefficient (Wildman–Crippen LogP) is 3.68. The summed E-state index contributed by atoms with van der Waals surface area (Å²) >= 11 is 0. The third kappa shape index (κ3) is 5.81. The van der Waals surface area contributed by atoms with Crippen LogP contribution < -0.4 is 14.8 Å². The van der Waals surface area contributed by atoms with E-state index in [4.69, 9.17) is 14.6 Å². The van der Waals surface area contributed by atoms with E-state index in [1.807, 2.05) is 24.3 Å². The van der Waals surface area contributed by atoms with Crippen LogP contribution in [0, 0.1) is 0 Å². The van der Waals surface area contributed by atoms with E-state index >= 15 is 0 Å². The van der Waals surface area contributed by atoms with E-state index in [9.17, 15) is 9.59 Å². The Morgan fingerprint density at radius 2 is 1.73 bits per heavy atom. The third-order valence-electron chi connectivity index (χ3n) is 3.67. The third-order valence-corrected chi connectivity index (χ3v) is 3.67. The second-order valence-corrected chi connectivity index (χ2v) is 6.19. The number of benzene rings is 2. The van der Waals surface area contributed by atoms with Gasteiger partial charge < -0.3 is 19.9 Å². The lowest BCUT2D eigenvalue weighted by molar-refractivity contribution is -0.139. The predicted molar refractivity (Wildman–Crippen MR) is 98.8 cm³/mol. The number of hydrogen-bond donors (Lipinski definition) is 2. The molecule has 0 saturated heterocycles. The van der Waals surface area contributed by atoms with Gasteiger partial charge in [-0.15, -0.1) is 0 Å². The minimum absolute atomic E-state index is 0.310. The summed E-state index contributed by atoms with van der Waals surface area (Å²) in [5.41, 5.74) is 1.64. The molecule has 6 nitrogen and oxygen atoms in total. The first-order chi connectivity index (χ1) is 12.3. The molecule has 2 aromatic rings. The first-order valence-electron chi connectivity index (χ1n) is 8.37. The topological polar surface area (TPSA) is 84.9 Å². The Hall–Kier alpha value is -3.02. The van der Waals surface area contributed by atoms with Crippen molar-refractivity contribution >= 4 is 17.6 Å². The Morgan fingerprint density at radius 3 is 2.42 bits per heavy atom. The molecule has 6 heteroatoms. The SMILES string of the molecule is CC(Oc1cccc(C(C)C)c1)C(=O)Nc1cccc(OCC(=O)O)c1. The largest absolute Gasteiger partial charge is 0.482 e. The lowest BCUT2D eigenvalue weighted by Gasteiger charge is -2.16. The van der Waals surface area contributed by atoms with Gasteiger partial charge in [0.1, 0.15) is 11.5 Å². The molecular formula is C20H23NO5. The molecule has 0 aliphatic rings. The Kier molecular flexibility index (Phi) is 6.60. The maximum absolute atomic E-state index is 12.3. The molecule has 26 heavy (non-hydrogen) atoms. The van der Waals surface area contributed by atoms with Crippen LogP contribution in [-0.4, -0.2) is 29.7 Å². The fraction of sp³-hybridized carbons (Fsp3) is 0.300. The molecule has 0 radical (unpaired) electrons. The van der Waals surface area contributed by atoms with Gasteiger partial charge in [0.05, 0.1) is 0 Å². The second-order valence-electron chi connectivity index (χ2n) is 6.19. The maximum Gasteiger partial charge on any atom is 0.341 e. The van der Waals surface area contributed by atoms with Gasteiger partial charge in [0, 0.05) is 11.8 Å². The van der Waals surface area contributed by atoms with Crippen LogP contribution in [0.3, 0.4) is 0 Å². The Morgan fingerprint density at radius 1 is 1.04 bits per heavy atom. The van der Waals surface area contributed by atoms with Crippen molar-refractivity contribution in [2.75, 3.05) is 11.9 Å². The first kappa shape index (κ1) is 19.3. The van der Waals surface area contributed by atoms with E-state index in [1.54, 1.807) is 31.2 Å². The minimum atomic E-state index is -1.06. The van der Waals surface area contributed by atoms with Crippen LogP contribution in [0.2, 0.25) is 0 Å². The first-order valence-corrected chi connectivity index (χ1v) is 8.37. The molecular weight excluding hydrogens is 334 g/mol.